The predicted molar refractivity (Wildman–Crippen MR) is 128 cm³/mol. The molecule has 1 unspecified atom stereocenters. The largest absolute Gasteiger partial charge is 0.477 e. The summed E-state index contributed by atoms with van der Waals surface area (Å²) in [7, 11) is 0. The van der Waals surface area contributed by atoms with Crippen LogP contribution in [0.15, 0.2) is 28.6 Å². The van der Waals surface area contributed by atoms with Crippen LogP contribution in [0.25, 0.3) is 16.2 Å². The number of carbonyl (C=O) groups excluding carboxylic acids is 1. The molecule has 2 saturated heterocycles. The third-order valence-electron chi connectivity index (χ3n) is 6.63. The fourth-order valence-corrected chi connectivity index (χ4v) is 5.34. The minimum atomic E-state index is -1.29. The summed E-state index contributed by atoms with van der Waals surface area (Å²) in [6.07, 6.45) is 7.81. The maximum atomic E-state index is 12.9. The van der Waals surface area contributed by atoms with Gasteiger partial charge in [-0.15, -0.1) is 11.3 Å². The molecule has 1 atom stereocenters. The van der Waals surface area contributed by atoms with Crippen LogP contribution >= 0.6 is 11.3 Å². The molecule has 2 fully saturated rings. The Balaban J connectivity index is 1.36. The fraction of sp³-hybridized carbons (Fsp3) is 0.458. The Morgan fingerprint density at radius 3 is 2.82 bits per heavy atom. The number of aromatic carboxylic acids is 1. The summed E-state index contributed by atoms with van der Waals surface area (Å²) in [5.74, 6) is -0.360. The molecule has 10 heteroatoms. The van der Waals surface area contributed by atoms with Gasteiger partial charge in [-0.05, 0) is 44.2 Å². The van der Waals surface area contributed by atoms with E-state index < -0.39 is 11.4 Å². The van der Waals surface area contributed by atoms with E-state index in [0.717, 1.165) is 32.3 Å². The van der Waals surface area contributed by atoms with Gasteiger partial charge in [-0.3, -0.25) is 14.2 Å². The molecule has 0 saturated carbocycles. The molecule has 0 aliphatic carbocycles. The zero-order valence-corrected chi connectivity index (χ0v) is 19.7. The maximum Gasteiger partial charge on any atom is 0.341 e. The van der Waals surface area contributed by atoms with Gasteiger partial charge in [0.05, 0.1) is 17.4 Å². The standard InChI is InChI=1S/C24H26N4O5S/c1-14-10-19(27-11-15(12-27)18(29)6-2-4-16-5-3-8-33-16)26-22-20(14)21(30)17(23(31)32)13-28(22)24-25-7-9-34-24/h7,9-10,13,15-16H,2-6,8,11-12H2,1H3,(H,31,32). The Morgan fingerprint density at radius 2 is 2.15 bits per heavy atom. The number of carboxylic acid groups (broad SMARTS) is 1. The quantitative estimate of drug-likeness (QED) is 0.521. The minimum Gasteiger partial charge on any atom is -0.477 e. The van der Waals surface area contributed by atoms with Crippen molar-refractivity contribution >= 4 is 39.9 Å². The van der Waals surface area contributed by atoms with Crippen LogP contribution in [0.2, 0.25) is 0 Å². The van der Waals surface area contributed by atoms with E-state index >= 15 is 0 Å². The van der Waals surface area contributed by atoms with Gasteiger partial charge in [0.2, 0.25) is 5.43 Å². The van der Waals surface area contributed by atoms with Gasteiger partial charge in [-0.1, -0.05) is 0 Å². The van der Waals surface area contributed by atoms with E-state index in [9.17, 15) is 19.5 Å². The van der Waals surface area contributed by atoms with Crippen LogP contribution < -0.4 is 10.3 Å². The topological polar surface area (TPSA) is 115 Å². The highest BCUT2D eigenvalue weighted by molar-refractivity contribution is 7.12. The summed E-state index contributed by atoms with van der Waals surface area (Å²) < 4.78 is 7.20. The number of hydrogen-bond acceptors (Lipinski definition) is 8. The van der Waals surface area contributed by atoms with Crippen molar-refractivity contribution in [3.63, 3.8) is 0 Å². The average Bonchev–Trinajstić information content (AvgIpc) is 3.47. The monoisotopic (exact) mass is 482 g/mol. The molecule has 9 nitrogen and oxygen atoms in total. The number of anilines is 1. The van der Waals surface area contributed by atoms with Crippen LogP contribution in [0.4, 0.5) is 5.82 Å². The van der Waals surface area contributed by atoms with Crippen molar-refractivity contribution in [3.05, 3.63) is 45.2 Å². The first-order valence-corrected chi connectivity index (χ1v) is 12.4. The van der Waals surface area contributed by atoms with Crippen molar-refractivity contribution in [3.8, 4) is 5.13 Å². The summed E-state index contributed by atoms with van der Waals surface area (Å²) >= 11 is 1.33. The molecule has 0 amide bonds. The van der Waals surface area contributed by atoms with E-state index in [4.69, 9.17) is 9.72 Å². The molecular formula is C24H26N4O5S. The number of thiazole rings is 1. The molecule has 0 radical (unpaired) electrons. The van der Waals surface area contributed by atoms with Crippen LogP contribution in [-0.2, 0) is 9.53 Å². The first-order valence-electron chi connectivity index (χ1n) is 11.5. The summed E-state index contributed by atoms with van der Waals surface area (Å²) in [4.78, 5) is 48.2. The molecule has 34 heavy (non-hydrogen) atoms. The van der Waals surface area contributed by atoms with E-state index in [1.807, 2.05) is 4.90 Å². The lowest BCUT2D eigenvalue weighted by Gasteiger charge is -2.39. The van der Waals surface area contributed by atoms with Gasteiger partial charge in [0.1, 0.15) is 17.2 Å². The number of nitrogens with zero attached hydrogens (tertiary/aromatic N) is 4. The van der Waals surface area contributed by atoms with Crippen LogP contribution in [0.3, 0.4) is 0 Å². The molecule has 5 rings (SSSR count). The maximum absolute atomic E-state index is 12.9. The number of carbonyl (C=O) groups is 2. The number of ether oxygens (including phenoxy) is 1. The predicted octanol–water partition coefficient (Wildman–Crippen LogP) is 3.20. The van der Waals surface area contributed by atoms with Gasteiger partial charge in [0.15, 0.2) is 10.8 Å². The summed E-state index contributed by atoms with van der Waals surface area (Å²) in [6, 6.07) is 1.79. The molecule has 3 aromatic rings. The molecule has 3 aromatic heterocycles. The number of aromatic nitrogens is 3. The number of rotatable bonds is 8. The molecular weight excluding hydrogens is 456 g/mol. The van der Waals surface area contributed by atoms with Crippen molar-refractivity contribution in [1.29, 1.82) is 0 Å². The normalized spacial score (nSPS) is 18.4. The number of fused-ring (bicyclic) bond motifs is 1. The lowest BCUT2D eigenvalue weighted by Crippen LogP contribution is -2.51. The van der Waals surface area contributed by atoms with Crippen molar-refractivity contribution in [1.82, 2.24) is 14.5 Å². The van der Waals surface area contributed by atoms with Gasteiger partial charge < -0.3 is 14.7 Å². The van der Waals surface area contributed by atoms with Crippen LogP contribution in [0.5, 0.6) is 0 Å². The first-order chi connectivity index (χ1) is 16.4. The molecule has 2 aliphatic heterocycles. The number of Topliss-reactive ketones (excluding diaryl/α,β-unsaturated/α-hetero) is 1. The first kappa shape index (κ1) is 22.7. The second-order valence-electron chi connectivity index (χ2n) is 8.95. The van der Waals surface area contributed by atoms with Gasteiger partial charge in [0.25, 0.3) is 0 Å². The SMILES string of the molecule is Cc1cc(N2CC(C(=O)CCCC3CCCO3)C2)nc2c1c(=O)c(C(=O)O)cn2-c1nccs1. The molecule has 178 valence electrons. The number of hydrogen-bond donors (Lipinski definition) is 1. The number of carboxylic acids is 1. The smallest absolute Gasteiger partial charge is 0.341 e. The highest BCUT2D eigenvalue weighted by Gasteiger charge is 2.33. The molecule has 2 aliphatic rings. The highest BCUT2D eigenvalue weighted by Crippen LogP contribution is 2.29. The summed E-state index contributed by atoms with van der Waals surface area (Å²) in [6.45, 7) is 3.79. The molecule has 0 spiro atoms. The second-order valence-corrected chi connectivity index (χ2v) is 9.83. The zero-order chi connectivity index (χ0) is 23.8. The Bertz CT molecular complexity index is 1290. The van der Waals surface area contributed by atoms with E-state index in [2.05, 4.69) is 4.98 Å². The zero-order valence-electron chi connectivity index (χ0n) is 18.9. The van der Waals surface area contributed by atoms with E-state index in [1.165, 1.54) is 17.5 Å². The molecule has 0 aromatic carbocycles. The summed E-state index contributed by atoms with van der Waals surface area (Å²) in [5, 5.41) is 12.1. The Hall–Kier alpha value is -3.11. The Morgan fingerprint density at radius 1 is 1.32 bits per heavy atom. The third kappa shape index (κ3) is 4.23. The minimum absolute atomic E-state index is 0.0159. The molecule has 0 bridgehead atoms. The lowest BCUT2D eigenvalue weighted by atomic mass is 9.91. The molecule has 1 N–H and O–H groups in total. The van der Waals surface area contributed by atoms with Gasteiger partial charge in [-0.2, -0.15) is 0 Å². The number of pyridine rings is 2. The Labute approximate surface area is 200 Å². The third-order valence-corrected chi connectivity index (χ3v) is 7.40. The van der Waals surface area contributed by atoms with Crippen molar-refractivity contribution in [2.24, 2.45) is 5.92 Å². The van der Waals surface area contributed by atoms with Crippen LogP contribution in [0.1, 0.15) is 48.0 Å². The fourth-order valence-electron chi connectivity index (χ4n) is 4.72. The van der Waals surface area contributed by atoms with Crippen molar-refractivity contribution in [2.45, 2.75) is 45.1 Å². The summed E-state index contributed by atoms with van der Waals surface area (Å²) in [5.41, 5.74) is 0.128. The molecule has 5 heterocycles. The van der Waals surface area contributed by atoms with Crippen LogP contribution in [-0.4, -0.2) is 57.2 Å². The van der Waals surface area contributed by atoms with Crippen molar-refractivity contribution in [2.75, 3.05) is 24.6 Å². The van der Waals surface area contributed by atoms with Crippen LogP contribution in [0, 0.1) is 12.8 Å². The Kier molecular flexibility index (Phi) is 6.18. The van der Waals surface area contributed by atoms with E-state index in [1.54, 1.807) is 29.1 Å². The lowest BCUT2D eigenvalue weighted by molar-refractivity contribution is -0.123. The van der Waals surface area contributed by atoms with Gasteiger partial charge in [-0.25, -0.2) is 14.8 Å². The second kappa shape index (κ2) is 9.27. The van der Waals surface area contributed by atoms with Gasteiger partial charge >= 0.3 is 5.97 Å². The number of ketones is 1. The van der Waals surface area contributed by atoms with E-state index in [0.29, 0.717) is 47.8 Å². The average molecular weight is 483 g/mol. The highest BCUT2D eigenvalue weighted by atomic mass is 32.1. The van der Waals surface area contributed by atoms with E-state index in [-0.39, 0.29) is 22.7 Å². The number of aryl methyl sites for hydroxylation is 1. The van der Waals surface area contributed by atoms with Gasteiger partial charge in [0, 0.05) is 43.9 Å². The van der Waals surface area contributed by atoms with Crippen molar-refractivity contribution < 1.29 is 19.4 Å².